The summed E-state index contributed by atoms with van der Waals surface area (Å²) in [5.41, 5.74) is 8.10. The summed E-state index contributed by atoms with van der Waals surface area (Å²) < 4.78 is 13.9. The van der Waals surface area contributed by atoms with Gasteiger partial charge in [-0.05, 0) is 24.1 Å². The van der Waals surface area contributed by atoms with Crippen molar-refractivity contribution in [3.63, 3.8) is 0 Å². The largest absolute Gasteiger partial charge is 0.394 e. The summed E-state index contributed by atoms with van der Waals surface area (Å²) in [7, 11) is 0. The monoisotopic (exact) mass is 343 g/mol. The van der Waals surface area contributed by atoms with Crippen LogP contribution in [0, 0.1) is 12.7 Å². The predicted octanol–water partition coefficient (Wildman–Crippen LogP) is 3.15. The van der Waals surface area contributed by atoms with Crippen molar-refractivity contribution in [1.29, 1.82) is 0 Å². The van der Waals surface area contributed by atoms with Crippen LogP contribution in [0.5, 0.6) is 0 Å². The predicted molar refractivity (Wildman–Crippen MR) is 91.6 cm³/mol. The quantitative estimate of drug-likeness (QED) is 0.462. The number of aromatic nitrogens is 4. The number of nitrogens with one attached hydrogen (secondary N) is 2. The number of rotatable bonds is 1. The van der Waals surface area contributed by atoms with Crippen molar-refractivity contribution in [3.05, 3.63) is 51.4 Å². The molecule has 0 saturated carbocycles. The van der Waals surface area contributed by atoms with Gasteiger partial charge >= 0.3 is 0 Å². The topological polar surface area (TPSA) is 100 Å². The molecule has 0 aliphatic heterocycles. The van der Waals surface area contributed by atoms with E-state index in [4.69, 9.17) is 17.3 Å². The van der Waals surface area contributed by atoms with Crippen molar-refractivity contribution < 1.29 is 4.39 Å². The zero-order valence-electron chi connectivity index (χ0n) is 12.4. The standard InChI is InChI=1S/C16H11ClFN5O/c1-6-4-20-15(17)11-10(12(19)16(24)22-13(6)11)7-2-3-9(18)14-8(7)5-21-23-14/h2-5H,19H2,1H3,(H,21,23)(H,22,24). The molecule has 0 fully saturated rings. The van der Waals surface area contributed by atoms with E-state index in [1.54, 1.807) is 19.2 Å². The van der Waals surface area contributed by atoms with E-state index in [9.17, 15) is 9.18 Å². The lowest BCUT2D eigenvalue weighted by Crippen LogP contribution is -2.14. The second-order valence-corrected chi connectivity index (χ2v) is 5.84. The Kier molecular flexibility index (Phi) is 3.07. The highest BCUT2D eigenvalue weighted by Gasteiger charge is 2.20. The van der Waals surface area contributed by atoms with Crippen LogP contribution in [0.25, 0.3) is 32.9 Å². The smallest absolute Gasteiger partial charge is 0.272 e. The van der Waals surface area contributed by atoms with Crippen LogP contribution in [0.1, 0.15) is 5.56 Å². The first-order valence-corrected chi connectivity index (χ1v) is 7.45. The molecule has 0 bridgehead atoms. The van der Waals surface area contributed by atoms with Crippen LogP contribution >= 0.6 is 11.6 Å². The van der Waals surface area contributed by atoms with Gasteiger partial charge in [-0.2, -0.15) is 5.10 Å². The van der Waals surface area contributed by atoms with Gasteiger partial charge < -0.3 is 10.7 Å². The lowest BCUT2D eigenvalue weighted by atomic mass is 9.97. The Morgan fingerprint density at radius 2 is 2.04 bits per heavy atom. The fraction of sp³-hybridized carbons (Fsp3) is 0.0625. The summed E-state index contributed by atoms with van der Waals surface area (Å²) >= 11 is 6.28. The third kappa shape index (κ3) is 1.91. The average molecular weight is 344 g/mol. The van der Waals surface area contributed by atoms with Gasteiger partial charge in [0.25, 0.3) is 5.56 Å². The Morgan fingerprint density at radius 1 is 1.25 bits per heavy atom. The molecule has 120 valence electrons. The molecule has 0 spiro atoms. The van der Waals surface area contributed by atoms with Gasteiger partial charge in [0, 0.05) is 22.5 Å². The van der Waals surface area contributed by atoms with E-state index >= 15 is 0 Å². The minimum Gasteiger partial charge on any atom is -0.394 e. The number of aryl methyl sites for hydroxylation is 1. The summed E-state index contributed by atoms with van der Waals surface area (Å²) in [6.07, 6.45) is 3.05. The van der Waals surface area contributed by atoms with Crippen molar-refractivity contribution >= 4 is 39.1 Å². The zero-order chi connectivity index (χ0) is 17.0. The van der Waals surface area contributed by atoms with Crippen molar-refractivity contribution in [2.75, 3.05) is 5.73 Å². The normalized spacial score (nSPS) is 11.5. The minimum absolute atomic E-state index is 0.00842. The highest BCUT2D eigenvalue weighted by Crippen LogP contribution is 2.38. The average Bonchev–Trinajstić information content (AvgIpc) is 3.05. The van der Waals surface area contributed by atoms with Crippen LogP contribution in [0.2, 0.25) is 5.15 Å². The van der Waals surface area contributed by atoms with E-state index in [1.807, 2.05) is 0 Å². The third-order valence-electron chi connectivity index (χ3n) is 4.06. The molecule has 3 aromatic heterocycles. The lowest BCUT2D eigenvalue weighted by Gasteiger charge is -2.13. The minimum atomic E-state index is -0.445. The van der Waals surface area contributed by atoms with Crippen molar-refractivity contribution in [1.82, 2.24) is 20.2 Å². The summed E-state index contributed by atoms with van der Waals surface area (Å²) in [6.45, 7) is 1.81. The van der Waals surface area contributed by atoms with Gasteiger partial charge in [0.2, 0.25) is 0 Å². The maximum absolute atomic E-state index is 13.9. The number of anilines is 1. The first-order chi connectivity index (χ1) is 11.5. The van der Waals surface area contributed by atoms with E-state index in [2.05, 4.69) is 20.2 Å². The van der Waals surface area contributed by atoms with Gasteiger partial charge in [-0.1, -0.05) is 17.7 Å². The molecule has 0 aliphatic rings. The molecule has 4 N–H and O–H groups in total. The van der Waals surface area contributed by atoms with Crippen molar-refractivity contribution in [3.8, 4) is 11.1 Å². The molecule has 3 heterocycles. The Hall–Kier alpha value is -2.93. The van der Waals surface area contributed by atoms with Crippen LogP contribution in [0.3, 0.4) is 0 Å². The Morgan fingerprint density at radius 3 is 2.83 bits per heavy atom. The molecule has 0 saturated heterocycles. The Bertz CT molecular complexity index is 1180. The van der Waals surface area contributed by atoms with Crippen molar-refractivity contribution in [2.45, 2.75) is 6.92 Å². The molecule has 8 heteroatoms. The molecule has 6 nitrogen and oxygen atoms in total. The maximum Gasteiger partial charge on any atom is 0.272 e. The van der Waals surface area contributed by atoms with Gasteiger partial charge in [-0.15, -0.1) is 0 Å². The van der Waals surface area contributed by atoms with Gasteiger partial charge in [-0.25, -0.2) is 9.37 Å². The summed E-state index contributed by atoms with van der Waals surface area (Å²) in [4.78, 5) is 19.2. The number of H-pyrrole nitrogens is 2. The molecule has 0 amide bonds. The number of nitrogens with two attached hydrogens (primary N) is 1. The van der Waals surface area contributed by atoms with Gasteiger partial charge in [0.15, 0.2) is 0 Å². The number of halogens is 2. The molecule has 1 aromatic carbocycles. The Balaban J connectivity index is 2.27. The maximum atomic E-state index is 13.9. The SMILES string of the molecule is Cc1cnc(Cl)c2c(-c3ccc(F)c4[nH]ncc34)c(N)c(=O)[nH]c12. The second-order valence-electron chi connectivity index (χ2n) is 5.48. The Labute approximate surface area is 139 Å². The molecule has 24 heavy (non-hydrogen) atoms. The van der Waals surface area contributed by atoms with Crippen molar-refractivity contribution in [2.24, 2.45) is 0 Å². The fourth-order valence-corrected chi connectivity index (χ4v) is 3.14. The molecule has 0 unspecified atom stereocenters. The number of pyridine rings is 2. The summed E-state index contributed by atoms with van der Waals surface area (Å²) in [6, 6.07) is 2.84. The molecular formula is C16H11ClFN5O. The first-order valence-electron chi connectivity index (χ1n) is 7.07. The number of nitrogen functional groups attached to an aromatic ring is 1. The highest BCUT2D eigenvalue weighted by atomic mass is 35.5. The number of benzene rings is 1. The first kappa shape index (κ1) is 14.6. The van der Waals surface area contributed by atoms with Gasteiger partial charge in [0.05, 0.1) is 11.7 Å². The van der Waals surface area contributed by atoms with Crippen LogP contribution in [-0.2, 0) is 0 Å². The van der Waals surface area contributed by atoms with E-state index in [0.717, 1.165) is 5.56 Å². The molecule has 0 aliphatic carbocycles. The van der Waals surface area contributed by atoms with E-state index in [0.29, 0.717) is 27.4 Å². The van der Waals surface area contributed by atoms with E-state index < -0.39 is 11.4 Å². The van der Waals surface area contributed by atoms with Gasteiger partial charge in [-0.3, -0.25) is 9.89 Å². The molecule has 4 rings (SSSR count). The summed E-state index contributed by atoms with van der Waals surface area (Å²) in [5.74, 6) is -0.445. The highest BCUT2D eigenvalue weighted by molar-refractivity contribution is 6.36. The number of hydrogen-bond acceptors (Lipinski definition) is 4. The van der Waals surface area contributed by atoms with E-state index in [1.165, 1.54) is 12.3 Å². The van der Waals surface area contributed by atoms with Crippen LogP contribution in [0.15, 0.2) is 29.3 Å². The number of nitrogens with zero attached hydrogens (tertiary/aromatic N) is 2. The number of aromatic amines is 2. The number of hydrogen-bond donors (Lipinski definition) is 3. The lowest BCUT2D eigenvalue weighted by molar-refractivity contribution is 0.636. The van der Waals surface area contributed by atoms with Crippen LogP contribution < -0.4 is 11.3 Å². The third-order valence-corrected chi connectivity index (χ3v) is 4.35. The van der Waals surface area contributed by atoms with Crippen LogP contribution in [0.4, 0.5) is 10.1 Å². The molecule has 4 aromatic rings. The second kappa shape index (κ2) is 5.04. The molecular weight excluding hydrogens is 333 g/mol. The van der Waals surface area contributed by atoms with E-state index in [-0.39, 0.29) is 16.4 Å². The van der Waals surface area contributed by atoms with Crippen LogP contribution in [-0.4, -0.2) is 20.2 Å². The molecule has 0 radical (unpaired) electrons. The summed E-state index contributed by atoms with van der Waals surface area (Å²) in [5, 5.41) is 7.71. The fourth-order valence-electron chi connectivity index (χ4n) is 2.90. The van der Waals surface area contributed by atoms with Gasteiger partial charge in [0.1, 0.15) is 22.2 Å². The zero-order valence-corrected chi connectivity index (χ0v) is 13.2. The molecule has 0 atom stereocenters. The number of fused-ring (bicyclic) bond motifs is 2.